The molecule has 1 heterocycles. The molecule has 0 aliphatic heterocycles. The number of benzene rings is 2. The molecule has 7 nitrogen and oxygen atoms in total. The zero-order valence-corrected chi connectivity index (χ0v) is 16.8. The second-order valence-electron chi connectivity index (χ2n) is 6.79. The number of amides is 1. The summed E-state index contributed by atoms with van der Waals surface area (Å²) in [5.74, 6) is 0.337. The third-order valence-corrected chi connectivity index (χ3v) is 4.64. The van der Waals surface area contributed by atoms with Crippen LogP contribution in [0.1, 0.15) is 25.0 Å². The summed E-state index contributed by atoms with van der Waals surface area (Å²) in [6, 6.07) is 14.0. The highest BCUT2D eigenvalue weighted by molar-refractivity contribution is 5.92. The van der Waals surface area contributed by atoms with Crippen molar-refractivity contribution in [1.29, 1.82) is 0 Å². The van der Waals surface area contributed by atoms with Crippen molar-refractivity contribution >= 4 is 17.3 Å². The number of aromatic nitrogens is 4. The molecule has 1 N–H and O–H groups in total. The van der Waals surface area contributed by atoms with E-state index in [1.807, 2.05) is 61.5 Å². The van der Waals surface area contributed by atoms with E-state index in [9.17, 15) is 4.79 Å². The van der Waals surface area contributed by atoms with E-state index < -0.39 is 0 Å². The predicted molar refractivity (Wildman–Crippen MR) is 111 cm³/mol. The van der Waals surface area contributed by atoms with Gasteiger partial charge in [-0.3, -0.25) is 4.79 Å². The molecule has 0 fully saturated rings. The maximum Gasteiger partial charge on any atom is 0.248 e. The van der Waals surface area contributed by atoms with Crippen molar-refractivity contribution in [2.45, 2.75) is 33.2 Å². The number of para-hydroxylation sites is 1. The molecule has 0 unspecified atom stereocenters. The van der Waals surface area contributed by atoms with Crippen LogP contribution in [0.3, 0.4) is 0 Å². The zero-order chi connectivity index (χ0) is 20.1. The lowest BCUT2D eigenvalue weighted by atomic mass is 10.0. The number of hydrogen-bond acceptors (Lipinski definition) is 5. The SMILES string of the molecule is CCc1cccc(CC)c1NC(=O)Cn1nnc(-c2ccc(N(C)C)cc2)n1. The van der Waals surface area contributed by atoms with Gasteiger partial charge >= 0.3 is 0 Å². The van der Waals surface area contributed by atoms with Crippen LogP contribution in [0.25, 0.3) is 11.4 Å². The quantitative estimate of drug-likeness (QED) is 0.683. The molecular formula is C21H26N6O. The van der Waals surface area contributed by atoms with Crippen molar-refractivity contribution in [1.82, 2.24) is 20.2 Å². The maximum absolute atomic E-state index is 12.5. The number of carbonyl (C=O) groups excluding carboxylic acids is 1. The number of tetrazole rings is 1. The van der Waals surface area contributed by atoms with Crippen molar-refractivity contribution in [2.75, 3.05) is 24.3 Å². The van der Waals surface area contributed by atoms with Crippen LogP contribution in [0.2, 0.25) is 0 Å². The second-order valence-corrected chi connectivity index (χ2v) is 6.79. The molecule has 0 aliphatic rings. The average molecular weight is 378 g/mol. The van der Waals surface area contributed by atoms with Crippen LogP contribution in [-0.2, 0) is 24.2 Å². The normalized spacial score (nSPS) is 10.7. The molecule has 1 aromatic heterocycles. The molecule has 7 heteroatoms. The van der Waals surface area contributed by atoms with Gasteiger partial charge in [-0.05, 0) is 53.4 Å². The molecule has 146 valence electrons. The Morgan fingerprint density at radius 2 is 1.68 bits per heavy atom. The van der Waals surface area contributed by atoms with E-state index in [4.69, 9.17) is 0 Å². The molecule has 0 aliphatic carbocycles. The minimum absolute atomic E-state index is 0.0178. The van der Waals surface area contributed by atoms with Gasteiger partial charge in [0.25, 0.3) is 0 Å². The van der Waals surface area contributed by atoms with E-state index in [0.717, 1.165) is 40.9 Å². The topological polar surface area (TPSA) is 75.9 Å². The fourth-order valence-electron chi connectivity index (χ4n) is 3.04. The number of rotatable bonds is 7. The van der Waals surface area contributed by atoms with Crippen LogP contribution in [-0.4, -0.2) is 40.2 Å². The average Bonchev–Trinajstić information content (AvgIpc) is 3.16. The van der Waals surface area contributed by atoms with Crippen molar-refractivity contribution in [3.63, 3.8) is 0 Å². The zero-order valence-electron chi connectivity index (χ0n) is 16.8. The van der Waals surface area contributed by atoms with Gasteiger partial charge in [0.05, 0.1) is 0 Å². The van der Waals surface area contributed by atoms with Crippen LogP contribution in [0.15, 0.2) is 42.5 Å². The van der Waals surface area contributed by atoms with Gasteiger partial charge in [-0.25, -0.2) is 0 Å². The smallest absolute Gasteiger partial charge is 0.248 e. The lowest BCUT2D eigenvalue weighted by molar-refractivity contribution is -0.117. The van der Waals surface area contributed by atoms with Gasteiger partial charge < -0.3 is 10.2 Å². The van der Waals surface area contributed by atoms with Crippen LogP contribution >= 0.6 is 0 Å². The number of anilines is 2. The van der Waals surface area contributed by atoms with Crippen LogP contribution in [0.5, 0.6) is 0 Å². The van der Waals surface area contributed by atoms with E-state index in [1.54, 1.807) is 0 Å². The molecule has 28 heavy (non-hydrogen) atoms. The summed E-state index contributed by atoms with van der Waals surface area (Å²) in [5.41, 5.74) is 5.11. The molecule has 3 rings (SSSR count). The Balaban J connectivity index is 1.71. The summed E-state index contributed by atoms with van der Waals surface area (Å²) in [4.78, 5) is 15.9. The van der Waals surface area contributed by atoms with Crippen molar-refractivity contribution in [3.8, 4) is 11.4 Å². The number of carbonyl (C=O) groups is 1. The molecule has 0 radical (unpaired) electrons. The number of aryl methyl sites for hydroxylation is 2. The molecule has 0 saturated carbocycles. The van der Waals surface area contributed by atoms with Gasteiger partial charge in [-0.15, -0.1) is 10.2 Å². The first-order chi connectivity index (χ1) is 13.5. The summed E-state index contributed by atoms with van der Waals surface area (Å²) >= 11 is 0. The summed E-state index contributed by atoms with van der Waals surface area (Å²) in [6.45, 7) is 4.18. The highest BCUT2D eigenvalue weighted by Crippen LogP contribution is 2.23. The molecule has 0 atom stereocenters. The van der Waals surface area contributed by atoms with Crippen molar-refractivity contribution in [2.24, 2.45) is 0 Å². The Bertz CT molecular complexity index is 924. The number of nitrogens with zero attached hydrogens (tertiary/aromatic N) is 5. The summed E-state index contributed by atoms with van der Waals surface area (Å²) in [6.07, 6.45) is 1.72. The van der Waals surface area contributed by atoms with Crippen LogP contribution < -0.4 is 10.2 Å². The first-order valence-corrected chi connectivity index (χ1v) is 9.48. The lowest BCUT2D eigenvalue weighted by Crippen LogP contribution is -2.22. The van der Waals surface area contributed by atoms with Gasteiger partial charge in [-0.1, -0.05) is 32.0 Å². The first kappa shape index (κ1) is 19.5. The molecule has 0 bridgehead atoms. The minimum Gasteiger partial charge on any atom is -0.378 e. The van der Waals surface area contributed by atoms with E-state index in [1.165, 1.54) is 4.80 Å². The fraction of sp³-hybridized carbons (Fsp3) is 0.333. The molecule has 3 aromatic rings. The minimum atomic E-state index is -0.164. The third kappa shape index (κ3) is 4.36. The molecule has 1 amide bonds. The fourth-order valence-corrected chi connectivity index (χ4v) is 3.04. The maximum atomic E-state index is 12.5. The molecule has 2 aromatic carbocycles. The van der Waals surface area contributed by atoms with Crippen LogP contribution in [0, 0.1) is 0 Å². The largest absolute Gasteiger partial charge is 0.378 e. The van der Waals surface area contributed by atoms with Crippen molar-refractivity contribution < 1.29 is 4.79 Å². The highest BCUT2D eigenvalue weighted by atomic mass is 16.2. The summed E-state index contributed by atoms with van der Waals surface area (Å²) < 4.78 is 0. The Morgan fingerprint density at radius 3 is 2.25 bits per heavy atom. The Kier molecular flexibility index (Phi) is 6.03. The standard InChI is InChI=1S/C21H26N6O/c1-5-15-8-7-9-16(6-2)20(15)22-19(28)14-27-24-21(23-25-27)17-10-12-18(13-11-17)26(3)4/h7-13H,5-6,14H2,1-4H3,(H,22,28). The van der Waals surface area contributed by atoms with Gasteiger partial charge in [0, 0.05) is 31.0 Å². The van der Waals surface area contributed by atoms with E-state index in [-0.39, 0.29) is 12.5 Å². The predicted octanol–water partition coefficient (Wildman–Crippen LogP) is 3.17. The van der Waals surface area contributed by atoms with Gasteiger partial charge in [0.2, 0.25) is 11.7 Å². The molecular weight excluding hydrogens is 352 g/mol. The summed E-state index contributed by atoms with van der Waals surface area (Å²) in [5, 5.41) is 15.5. The number of hydrogen-bond donors (Lipinski definition) is 1. The Morgan fingerprint density at radius 1 is 1.04 bits per heavy atom. The van der Waals surface area contributed by atoms with E-state index in [0.29, 0.717) is 5.82 Å². The van der Waals surface area contributed by atoms with Gasteiger partial charge in [-0.2, -0.15) is 4.80 Å². The van der Waals surface area contributed by atoms with Crippen molar-refractivity contribution in [3.05, 3.63) is 53.6 Å². The van der Waals surface area contributed by atoms with Crippen LogP contribution in [0.4, 0.5) is 11.4 Å². The summed E-state index contributed by atoms with van der Waals surface area (Å²) in [7, 11) is 3.98. The van der Waals surface area contributed by atoms with E-state index >= 15 is 0 Å². The monoisotopic (exact) mass is 378 g/mol. The molecule has 0 spiro atoms. The van der Waals surface area contributed by atoms with E-state index in [2.05, 4.69) is 34.6 Å². The van der Waals surface area contributed by atoms with Gasteiger partial charge in [0.15, 0.2) is 0 Å². The Hall–Kier alpha value is -3.22. The lowest BCUT2D eigenvalue weighted by Gasteiger charge is -2.14. The second kappa shape index (κ2) is 8.65. The highest BCUT2D eigenvalue weighted by Gasteiger charge is 2.13. The Labute approximate surface area is 165 Å². The third-order valence-electron chi connectivity index (χ3n) is 4.64. The molecule has 0 saturated heterocycles. The first-order valence-electron chi connectivity index (χ1n) is 9.48. The number of nitrogens with one attached hydrogen (secondary N) is 1. The van der Waals surface area contributed by atoms with Gasteiger partial charge in [0.1, 0.15) is 6.54 Å².